The van der Waals surface area contributed by atoms with Gasteiger partial charge in [-0.25, -0.2) is 4.39 Å². The van der Waals surface area contributed by atoms with E-state index in [0.717, 1.165) is 31.0 Å². The van der Waals surface area contributed by atoms with Gasteiger partial charge in [-0.2, -0.15) is 5.26 Å². The zero-order valence-corrected chi connectivity index (χ0v) is 10.6. The van der Waals surface area contributed by atoms with E-state index in [9.17, 15) is 19.3 Å². The third-order valence-electron chi connectivity index (χ3n) is 3.38. The van der Waals surface area contributed by atoms with Crippen molar-refractivity contribution in [3.8, 4) is 6.07 Å². The van der Waals surface area contributed by atoms with Gasteiger partial charge in [-0.05, 0) is 31.7 Å². The summed E-state index contributed by atoms with van der Waals surface area (Å²) in [6, 6.07) is 4.73. The predicted octanol–water partition coefficient (Wildman–Crippen LogP) is 2.30. The highest BCUT2D eigenvalue weighted by Gasteiger charge is 2.35. The van der Waals surface area contributed by atoms with E-state index < -0.39 is 27.9 Å². The van der Waals surface area contributed by atoms with E-state index in [0.29, 0.717) is 12.8 Å². The number of carbonyl (C=O) groups is 1. The summed E-state index contributed by atoms with van der Waals surface area (Å²) < 4.78 is 13.3. The Morgan fingerprint density at radius 1 is 1.40 bits per heavy atom. The number of amides is 1. The van der Waals surface area contributed by atoms with E-state index in [-0.39, 0.29) is 5.56 Å². The Balaban J connectivity index is 2.25. The Hall–Kier alpha value is -2.49. The van der Waals surface area contributed by atoms with Gasteiger partial charge in [0.2, 0.25) is 0 Å². The van der Waals surface area contributed by atoms with Crippen molar-refractivity contribution in [2.45, 2.75) is 31.2 Å². The number of nitrogens with one attached hydrogen (secondary N) is 1. The van der Waals surface area contributed by atoms with Crippen LogP contribution >= 0.6 is 0 Å². The van der Waals surface area contributed by atoms with Crippen LogP contribution in [0.4, 0.5) is 10.1 Å². The molecule has 0 aliphatic heterocycles. The van der Waals surface area contributed by atoms with Gasteiger partial charge in [0.1, 0.15) is 11.4 Å². The van der Waals surface area contributed by atoms with Crippen LogP contribution in [0.5, 0.6) is 0 Å². The Kier molecular flexibility index (Phi) is 3.66. The van der Waals surface area contributed by atoms with Gasteiger partial charge >= 0.3 is 0 Å². The number of halogens is 1. The SMILES string of the molecule is N#CC1(NC(=O)c2cc(F)cc([N+](=O)[O-])c2)CCCC1. The molecule has 0 heterocycles. The summed E-state index contributed by atoms with van der Waals surface area (Å²) in [5.41, 5.74) is -1.59. The lowest BCUT2D eigenvalue weighted by Crippen LogP contribution is -2.45. The maximum atomic E-state index is 13.3. The number of non-ortho nitro benzene ring substituents is 1. The van der Waals surface area contributed by atoms with Crippen molar-refractivity contribution in [3.05, 3.63) is 39.7 Å². The molecule has 0 atom stereocenters. The molecular weight excluding hydrogens is 265 g/mol. The zero-order valence-electron chi connectivity index (χ0n) is 10.6. The number of nitro benzene ring substituents is 1. The van der Waals surface area contributed by atoms with Crippen molar-refractivity contribution in [3.63, 3.8) is 0 Å². The second-order valence-corrected chi connectivity index (χ2v) is 4.81. The fourth-order valence-corrected chi connectivity index (χ4v) is 2.34. The summed E-state index contributed by atoms with van der Waals surface area (Å²) in [6.45, 7) is 0. The topological polar surface area (TPSA) is 96.0 Å². The summed E-state index contributed by atoms with van der Waals surface area (Å²) in [7, 11) is 0. The predicted molar refractivity (Wildman–Crippen MR) is 67.3 cm³/mol. The first-order chi connectivity index (χ1) is 9.46. The van der Waals surface area contributed by atoms with Crippen LogP contribution in [0.1, 0.15) is 36.0 Å². The summed E-state index contributed by atoms with van der Waals surface area (Å²) in [4.78, 5) is 21.9. The minimum absolute atomic E-state index is 0.154. The molecule has 1 fully saturated rings. The highest BCUT2D eigenvalue weighted by Crippen LogP contribution is 2.29. The minimum Gasteiger partial charge on any atom is -0.334 e. The third kappa shape index (κ3) is 2.74. The first-order valence-electron chi connectivity index (χ1n) is 6.14. The number of nitrogens with zero attached hydrogens (tertiary/aromatic N) is 2. The first kappa shape index (κ1) is 13.9. The maximum Gasteiger partial charge on any atom is 0.273 e. The molecule has 6 nitrogen and oxygen atoms in total. The average molecular weight is 277 g/mol. The fraction of sp³-hybridized carbons (Fsp3) is 0.385. The van der Waals surface area contributed by atoms with Gasteiger partial charge in [-0.3, -0.25) is 14.9 Å². The fourth-order valence-electron chi connectivity index (χ4n) is 2.34. The highest BCUT2D eigenvalue weighted by atomic mass is 19.1. The van der Waals surface area contributed by atoms with Crippen LogP contribution in [0.25, 0.3) is 0 Å². The largest absolute Gasteiger partial charge is 0.334 e. The first-order valence-corrected chi connectivity index (χ1v) is 6.14. The van der Waals surface area contributed by atoms with Crippen molar-refractivity contribution in [1.29, 1.82) is 5.26 Å². The molecule has 20 heavy (non-hydrogen) atoms. The van der Waals surface area contributed by atoms with E-state index in [1.807, 2.05) is 0 Å². The normalized spacial score (nSPS) is 16.4. The number of nitro groups is 1. The minimum atomic E-state index is -0.946. The molecule has 0 spiro atoms. The quantitative estimate of drug-likeness (QED) is 0.677. The molecular formula is C13H12FN3O3. The van der Waals surface area contributed by atoms with Crippen molar-refractivity contribution < 1.29 is 14.1 Å². The Bertz CT molecular complexity index is 603. The maximum absolute atomic E-state index is 13.3. The van der Waals surface area contributed by atoms with Crippen molar-refractivity contribution in [2.24, 2.45) is 0 Å². The monoisotopic (exact) mass is 277 g/mol. The number of rotatable bonds is 3. The summed E-state index contributed by atoms with van der Waals surface area (Å²) in [5.74, 6) is -1.53. The number of hydrogen-bond donors (Lipinski definition) is 1. The van der Waals surface area contributed by atoms with Gasteiger partial charge < -0.3 is 5.32 Å². The second kappa shape index (κ2) is 5.25. The van der Waals surface area contributed by atoms with E-state index in [2.05, 4.69) is 11.4 Å². The van der Waals surface area contributed by atoms with Crippen molar-refractivity contribution >= 4 is 11.6 Å². The lowest BCUT2D eigenvalue weighted by atomic mass is 9.99. The number of hydrogen-bond acceptors (Lipinski definition) is 4. The van der Waals surface area contributed by atoms with Crippen molar-refractivity contribution in [2.75, 3.05) is 0 Å². The molecule has 1 aliphatic carbocycles. The molecule has 1 N–H and O–H groups in total. The number of nitriles is 1. The van der Waals surface area contributed by atoms with E-state index in [1.165, 1.54) is 0 Å². The molecule has 2 rings (SSSR count). The standard InChI is InChI=1S/C13H12FN3O3/c14-10-5-9(6-11(7-10)17(19)20)12(18)16-13(8-15)3-1-2-4-13/h5-7H,1-4H2,(H,16,18). The lowest BCUT2D eigenvalue weighted by molar-refractivity contribution is -0.385. The second-order valence-electron chi connectivity index (χ2n) is 4.81. The zero-order chi connectivity index (χ0) is 14.8. The number of carbonyl (C=O) groups excluding carboxylic acids is 1. The van der Waals surface area contributed by atoms with E-state index >= 15 is 0 Å². The molecule has 0 bridgehead atoms. The van der Waals surface area contributed by atoms with E-state index in [4.69, 9.17) is 5.26 Å². The summed E-state index contributed by atoms with van der Waals surface area (Å²) in [6.07, 6.45) is 2.73. The molecule has 0 unspecified atom stereocenters. The molecule has 104 valence electrons. The molecule has 0 radical (unpaired) electrons. The highest BCUT2D eigenvalue weighted by molar-refractivity contribution is 5.95. The van der Waals surface area contributed by atoms with Crippen LogP contribution < -0.4 is 5.32 Å². The molecule has 1 aliphatic rings. The molecule has 1 saturated carbocycles. The number of benzene rings is 1. The summed E-state index contributed by atoms with van der Waals surface area (Å²) >= 11 is 0. The van der Waals surface area contributed by atoms with Gasteiger partial charge in [0.05, 0.1) is 17.1 Å². The van der Waals surface area contributed by atoms with Gasteiger partial charge in [0, 0.05) is 11.6 Å². The van der Waals surface area contributed by atoms with Crippen LogP contribution in [0.15, 0.2) is 18.2 Å². The average Bonchev–Trinajstić information content (AvgIpc) is 2.87. The third-order valence-corrected chi connectivity index (χ3v) is 3.38. The van der Waals surface area contributed by atoms with Crippen LogP contribution in [-0.2, 0) is 0 Å². The van der Waals surface area contributed by atoms with Crippen molar-refractivity contribution in [1.82, 2.24) is 5.32 Å². The molecule has 0 saturated heterocycles. The Morgan fingerprint density at radius 3 is 2.60 bits per heavy atom. The molecule has 1 amide bonds. The summed E-state index contributed by atoms with van der Waals surface area (Å²) in [5, 5.41) is 22.4. The van der Waals surface area contributed by atoms with Gasteiger partial charge in [-0.15, -0.1) is 0 Å². The van der Waals surface area contributed by atoms with E-state index in [1.54, 1.807) is 0 Å². The van der Waals surface area contributed by atoms with Crippen LogP contribution in [0.2, 0.25) is 0 Å². The molecule has 1 aromatic carbocycles. The van der Waals surface area contributed by atoms with Gasteiger partial charge in [0.25, 0.3) is 11.6 Å². The van der Waals surface area contributed by atoms with Crippen LogP contribution in [0, 0.1) is 27.3 Å². The smallest absolute Gasteiger partial charge is 0.273 e. The molecule has 7 heteroatoms. The van der Waals surface area contributed by atoms with Crippen LogP contribution in [-0.4, -0.2) is 16.4 Å². The lowest BCUT2D eigenvalue weighted by Gasteiger charge is -2.21. The molecule has 1 aromatic rings. The molecule has 0 aromatic heterocycles. The Labute approximate surface area is 114 Å². The van der Waals surface area contributed by atoms with Gasteiger partial charge in [-0.1, -0.05) is 0 Å². The Morgan fingerprint density at radius 2 is 2.05 bits per heavy atom. The van der Waals surface area contributed by atoms with Gasteiger partial charge in [0.15, 0.2) is 0 Å². The van der Waals surface area contributed by atoms with Crippen LogP contribution in [0.3, 0.4) is 0 Å².